The smallest absolute Gasteiger partial charge is 0.119 e. The van der Waals surface area contributed by atoms with Crippen molar-refractivity contribution in [3.8, 4) is 5.75 Å². The molecule has 2 N–H and O–H groups in total. The molecule has 1 unspecified atom stereocenters. The molecule has 2 aromatic carbocycles. The van der Waals surface area contributed by atoms with Crippen molar-refractivity contribution in [1.82, 2.24) is 0 Å². The molecule has 0 saturated carbocycles. The first kappa shape index (κ1) is 13.6. The molecule has 2 aromatic rings. The first-order valence-corrected chi connectivity index (χ1v) is 6.73. The molecule has 0 amide bonds. The summed E-state index contributed by atoms with van der Waals surface area (Å²) < 4.78 is 5.52. The summed E-state index contributed by atoms with van der Waals surface area (Å²) in [6, 6.07) is 16.5. The third-order valence-corrected chi connectivity index (χ3v) is 3.25. The number of ether oxygens (including phenoxy) is 1. The van der Waals surface area contributed by atoms with Crippen molar-refractivity contribution in [2.75, 3.05) is 6.61 Å². The van der Waals surface area contributed by atoms with Gasteiger partial charge in [0.15, 0.2) is 0 Å². The highest BCUT2D eigenvalue weighted by Crippen LogP contribution is 2.21. The first-order chi connectivity index (χ1) is 9.20. The maximum Gasteiger partial charge on any atom is 0.119 e. The summed E-state index contributed by atoms with van der Waals surface area (Å²) in [7, 11) is 0. The van der Waals surface area contributed by atoms with Gasteiger partial charge in [0.1, 0.15) is 5.75 Å². The van der Waals surface area contributed by atoms with Gasteiger partial charge >= 0.3 is 0 Å². The van der Waals surface area contributed by atoms with Crippen LogP contribution in [0.2, 0.25) is 0 Å². The van der Waals surface area contributed by atoms with Gasteiger partial charge in [0, 0.05) is 6.04 Å². The van der Waals surface area contributed by atoms with Gasteiger partial charge < -0.3 is 10.5 Å². The quantitative estimate of drug-likeness (QED) is 0.885. The molecule has 19 heavy (non-hydrogen) atoms. The Balaban J connectivity index is 2.12. The summed E-state index contributed by atoms with van der Waals surface area (Å²) in [4.78, 5) is 0. The zero-order chi connectivity index (χ0) is 13.7. The first-order valence-electron chi connectivity index (χ1n) is 6.73. The van der Waals surface area contributed by atoms with Crippen LogP contribution in [-0.2, 0) is 6.42 Å². The van der Waals surface area contributed by atoms with Crippen LogP contribution < -0.4 is 10.5 Å². The van der Waals surface area contributed by atoms with Gasteiger partial charge in [-0.1, -0.05) is 36.4 Å². The van der Waals surface area contributed by atoms with Gasteiger partial charge in [-0.25, -0.2) is 0 Å². The summed E-state index contributed by atoms with van der Waals surface area (Å²) in [6.07, 6.45) is 0.825. The molecule has 0 aliphatic heterocycles. The molecule has 2 rings (SSSR count). The van der Waals surface area contributed by atoms with Crippen LogP contribution in [-0.4, -0.2) is 6.61 Å². The second-order valence-electron chi connectivity index (χ2n) is 4.75. The average molecular weight is 255 g/mol. The molecule has 100 valence electrons. The average Bonchev–Trinajstić information content (AvgIpc) is 2.40. The van der Waals surface area contributed by atoms with E-state index in [0.717, 1.165) is 12.2 Å². The lowest BCUT2D eigenvalue weighted by molar-refractivity contribution is 0.340. The Morgan fingerprint density at radius 3 is 2.63 bits per heavy atom. The third-order valence-electron chi connectivity index (χ3n) is 3.25. The molecule has 0 fully saturated rings. The third kappa shape index (κ3) is 3.58. The van der Waals surface area contributed by atoms with E-state index in [1.54, 1.807) is 0 Å². The number of aryl methyl sites for hydroxylation is 1. The van der Waals surface area contributed by atoms with E-state index in [2.05, 4.69) is 31.2 Å². The van der Waals surface area contributed by atoms with Crippen molar-refractivity contribution in [2.45, 2.75) is 26.3 Å². The lowest BCUT2D eigenvalue weighted by Gasteiger charge is -2.15. The predicted molar refractivity (Wildman–Crippen MR) is 79.4 cm³/mol. The lowest BCUT2D eigenvalue weighted by Crippen LogP contribution is -2.14. The van der Waals surface area contributed by atoms with Crippen molar-refractivity contribution >= 4 is 0 Å². The minimum absolute atomic E-state index is 0.0260. The topological polar surface area (TPSA) is 35.2 Å². The van der Waals surface area contributed by atoms with E-state index in [0.29, 0.717) is 6.61 Å². The van der Waals surface area contributed by atoms with Crippen LogP contribution in [0.4, 0.5) is 0 Å². The highest BCUT2D eigenvalue weighted by molar-refractivity contribution is 5.33. The van der Waals surface area contributed by atoms with Crippen molar-refractivity contribution in [3.05, 3.63) is 65.2 Å². The second kappa shape index (κ2) is 6.39. The summed E-state index contributed by atoms with van der Waals surface area (Å²) in [5, 5.41) is 0. The van der Waals surface area contributed by atoms with E-state index in [4.69, 9.17) is 10.5 Å². The Morgan fingerprint density at radius 2 is 1.89 bits per heavy atom. The fourth-order valence-electron chi connectivity index (χ4n) is 2.30. The molecular formula is C17H21NO. The molecule has 0 spiro atoms. The Hall–Kier alpha value is -1.80. The molecule has 0 aliphatic rings. The van der Waals surface area contributed by atoms with Gasteiger partial charge in [-0.15, -0.1) is 0 Å². The number of nitrogens with two attached hydrogens (primary N) is 1. The molecule has 0 aromatic heterocycles. The minimum Gasteiger partial charge on any atom is -0.494 e. The van der Waals surface area contributed by atoms with Gasteiger partial charge in [-0.2, -0.15) is 0 Å². The monoisotopic (exact) mass is 255 g/mol. The number of hydrogen-bond acceptors (Lipinski definition) is 2. The zero-order valence-electron chi connectivity index (χ0n) is 11.6. The maximum atomic E-state index is 6.31. The molecule has 2 nitrogen and oxygen atoms in total. The summed E-state index contributed by atoms with van der Waals surface area (Å²) in [6.45, 7) is 4.78. The molecular weight excluding hydrogens is 234 g/mol. The van der Waals surface area contributed by atoms with Crippen LogP contribution in [0.5, 0.6) is 5.75 Å². The van der Waals surface area contributed by atoms with E-state index < -0.39 is 0 Å². The van der Waals surface area contributed by atoms with E-state index in [-0.39, 0.29) is 6.04 Å². The SMILES string of the molecule is CCOc1cccc(CC(N)c2ccccc2C)c1. The van der Waals surface area contributed by atoms with Crippen LogP contribution in [0.3, 0.4) is 0 Å². The van der Waals surface area contributed by atoms with Crippen LogP contribution in [0, 0.1) is 6.92 Å². The lowest BCUT2D eigenvalue weighted by atomic mass is 9.96. The maximum absolute atomic E-state index is 6.31. The van der Waals surface area contributed by atoms with E-state index in [9.17, 15) is 0 Å². The van der Waals surface area contributed by atoms with Crippen molar-refractivity contribution in [2.24, 2.45) is 5.73 Å². The Labute approximate surface area is 115 Å². The summed E-state index contributed by atoms with van der Waals surface area (Å²) >= 11 is 0. The van der Waals surface area contributed by atoms with Crippen molar-refractivity contribution in [3.63, 3.8) is 0 Å². The Morgan fingerprint density at radius 1 is 1.11 bits per heavy atom. The van der Waals surface area contributed by atoms with Gasteiger partial charge in [0.2, 0.25) is 0 Å². The number of benzene rings is 2. The van der Waals surface area contributed by atoms with E-state index in [1.165, 1.54) is 16.7 Å². The highest BCUT2D eigenvalue weighted by Gasteiger charge is 2.09. The van der Waals surface area contributed by atoms with Crippen LogP contribution in [0.1, 0.15) is 29.7 Å². The van der Waals surface area contributed by atoms with E-state index >= 15 is 0 Å². The van der Waals surface area contributed by atoms with Crippen LogP contribution in [0.15, 0.2) is 48.5 Å². The Kier molecular flexibility index (Phi) is 4.58. The fraction of sp³-hybridized carbons (Fsp3) is 0.294. The molecule has 2 heteroatoms. The molecule has 0 heterocycles. The predicted octanol–water partition coefficient (Wildman–Crippen LogP) is 3.64. The van der Waals surface area contributed by atoms with Gasteiger partial charge in [0.25, 0.3) is 0 Å². The molecule has 0 radical (unpaired) electrons. The van der Waals surface area contributed by atoms with Gasteiger partial charge in [-0.3, -0.25) is 0 Å². The number of rotatable bonds is 5. The summed E-state index contributed by atoms with van der Waals surface area (Å²) in [5.41, 5.74) is 9.98. The molecule has 0 aliphatic carbocycles. The number of hydrogen-bond donors (Lipinski definition) is 1. The van der Waals surface area contributed by atoms with Crippen molar-refractivity contribution < 1.29 is 4.74 Å². The standard InChI is InChI=1S/C17H21NO/c1-3-19-15-9-6-8-14(11-15)12-17(18)16-10-5-4-7-13(16)2/h4-11,17H,3,12,18H2,1-2H3. The zero-order valence-corrected chi connectivity index (χ0v) is 11.6. The molecule has 0 bridgehead atoms. The molecule has 0 saturated heterocycles. The van der Waals surface area contributed by atoms with Gasteiger partial charge in [0.05, 0.1) is 6.61 Å². The fourth-order valence-corrected chi connectivity index (χ4v) is 2.30. The second-order valence-corrected chi connectivity index (χ2v) is 4.75. The van der Waals surface area contributed by atoms with Crippen molar-refractivity contribution in [1.29, 1.82) is 0 Å². The van der Waals surface area contributed by atoms with E-state index in [1.807, 2.05) is 31.2 Å². The van der Waals surface area contributed by atoms with Crippen LogP contribution >= 0.6 is 0 Å². The normalized spacial score (nSPS) is 12.2. The Bertz CT molecular complexity index is 536. The largest absolute Gasteiger partial charge is 0.494 e. The molecule has 1 atom stereocenters. The van der Waals surface area contributed by atoms with Gasteiger partial charge in [-0.05, 0) is 49.1 Å². The summed E-state index contributed by atoms with van der Waals surface area (Å²) in [5.74, 6) is 0.914. The highest BCUT2D eigenvalue weighted by atomic mass is 16.5. The van der Waals surface area contributed by atoms with Crippen LogP contribution in [0.25, 0.3) is 0 Å². The minimum atomic E-state index is 0.0260.